The normalized spacial score (nSPS) is 10.6. The highest BCUT2D eigenvalue weighted by Crippen LogP contribution is 2.29. The van der Waals surface area contributed by atoms with Crippen LogP contribution in [0.25, 0.3) is 6.08 Å². The van der Waals surface area contributed by atoms with Gasteiger partial charge in [-0.3, -0.25) is 4.79 Å². The Kier molecular flexibility index (Phi) is 6.04. The van der Waals surface area contributed by atoms with Crippen LogP contribution < -0.4 is 9.47 Å². The first-order chi connectivity index (χ1) is 11.5. The van der Waals surface area contributed by atoms with Crippen molar-refractivity contribution in [2.24, 2.45) is 0 Å². The van der Waals surface area contributed by atoms with E-state index in [1.807, 2.05) is 0 Å². The van der Waals surface area contributed by atoms with Crippen molar-refractivity contribution in [3.8, 4) is 17.2 Å². The molecule has 0 fully saturated rings. The summed E-state index contributed by atoms with van der Waals surface area (Å²) >= 11 is 5.85. The number of allylic oxidation sites excluding steroid dienone is 1. The monoisotopic (exact) mass is 344 g/mol. The summed E-state index contributed by atoms with van der Waals surface area (Å²) in [6, 6.07) is 9.63. The van der Waals surface area contributed by atoms with Crippen molar-refractivity contribution in [3.05, 3.63) is 71.3 Å². The standard InChI is InChI=1S/C19H17ClO4/c1-3-10-24-19-11-13(5-9-18(19)23-2)4-7-16(21)15-12-14(20)6-8-17(15)22/h3-9,11-12,22H,1,10H2,2H3/b7-4+. The van der Waals surface area contributed by atoms with Crippen LogP contribution in [0, 0.1) is 0 Å². The molecule has 0 saturated carbocycles. The highest BCUT2D eigenvalue weighted by Gasteiger charge is 2.09. The Morgan fingerprint density at radius 3 is 2.75 bits per heavy atom. The molecular weight excluding hydrogens is 328 g/mol. The van der Waals surface area contributed by atoms with E-state index in [1.165, 1.54) is 24.3 Å². The van der Waals surface area contributed by atoms with Gasteiger partial charge < -0.3 is 14.6 Å². The van der Waals surface area contributed by atoms with Crippen LogP contribution in [-0.4, -0.2) is 24.6 Å². The highest BCUT2D eigenvalue weighted by molar-refractivity contribution is 6.31. The van der Waals surface area contributed by atoms with Gasteiger partial charge in [0.15, 0.2) is 17.3 Å². The number of hydrogen-bond acceptors (Lipinski definition) is 4. The Morgan fingerprint density at radius 1 is 1.25 bits per heavy atom. The van der Waals surface area contributed by atoms with Gasteiger partial charge in [0, 0.05) is 5.02 Å². The van der Waals surface area contributed by atoms with E-state index in [0.29, 0.717) is 23.1 Å². The van der Waals surface area contributed by atoms with Gasteiger partial charge in [0.25, 0.3) is 0 Å². The summed E-state index contributed by atoms with van der Waals surface area (Å²) in [5, 5.41) is 10.1. The van der Waals surface area contributed by atoms with Gasteiger partial charge in [0.2, 0.25) is 0 Å². The zero-order chi connectivity index (χ0) is 17.5. The minimum absolute atomic E-state index is 0.112. The summed E-state index contributed by atoms with van der Waals surface area (Å²) in [5.74, 6) is 0.684. The number of ether oxygens (including phenoxy) is 2. The van der Waals surface area contributed by atoms with E-state index in [0.717, 1.165) is 5.56 Å². The fourth-order valence-electron chi connectivity index (χ4n) is 2.03. The van der Waals surface area contributed by atoms with Crippen LogP contribution in [0.3, 0.4) is 0 Å². The first kappa shape index (κ1) is 17.6. The molecule has 0 aromatic heterocycles. The lowest BCUT2D eigenvalue weighted by Gasteiger charge is -2.09. The lowest BCUT2D eigenvalue weighted by atomic mass is 10.1. The molecule has 0 atom stereocenters. The third kappa shape index (κ3) is 4.40. The molecular formula is C19H17ClO4. The van der Waals surface area contributed by atoms with Crippen LogP contribution in [0.5, 0.6) is 17.2 Å². The largest absolute Gasteiger partial charge is 0.507 e. The molecule has 0 amide bonds. The average Bonchev–Trinajstić information content (AvgIpc) is 2.59. The zero-order valence-corrected chi connectivity index (χ0v) is 13.9. The van der Waals surface area contributed by atoms with E-state index in [1.54, 1.807) is 37.5 Å². The van der Waals surface area contributed by atoms with Crippen molar-refractivity contribution in [2.45, 2.75) is 0 Å². The molecule has 0 aliphatic heterocycles. The number of carbonyl (C=O) groups excluding carboxylic acids is 1. The molecule has 0 aliphatic carbocycles. The number of phenolic OH excluding ortho intramolecular Hbond substituents is 1. The van der Waals surface area contributed by atoms with Gasteiger partial charge in [0.05, 0.1) is 12.7 Å². The summed E-state index contributed by atoms with van der Waals surface area (Å²) in [6.45, 7) is 3.95. The minimum atomic E-state index is -0.348. The first-order valence-electron chi connectivity index (χ1n) is 7.18. The number of phenols is 1. The Balaban J connectivity index is 2.23. The number of ketones is 1. The summed E-state index contributed by atoms with van der Waals surface area (Å²) in [4.78, 5) is 12.2. The summed E-state index contributed by atoms with van der Waals surface area (Å²) in [7, 11) is 1.55. The maximum atomic E-state index is 12.2. The second kappa shape index (κ2) is 8.22. The molecule has 4 nitrogen and oxygen atoms in total. The molecule has 0 bridgehead atoms. The molecule has 0 aliphatic rings. The van der Waals surface area contributed by atoms with Crippen molar-refractivity contribution in [3.63, 3.8) is 0 Å². The zero-order valence-electron chi connectivity index (χ0n) is 13.2. The van der Waals surface area contributed by atoms with Crippen molar-refractivity contribution in [2.75, 3.05) is 13.7 Å². The van der Waals surface area contributed by atoms with Crippen molar-refractivity contribution < 1.29 is 19.4 Å². The van der Waals surface area contributed by atoms with Crippen molar-refractivity contribution >= 4 is 23.5 Å². The van der Waals surface area contributed by atoms with E-state index < -0.39 is 0 Å². The Hall–Kier alpha value is -2.72. The molecule has 2 aromatic rings. The van der Waals surface area contributed by atoms with Gasteiger partial charge in [-0.1, -0.05) is 36.4 Å². The highest BCUT2D eigenvalue weighted by atomic mass is 35.5. The number of rotatable bonds is 7. The number of benzene rings is 2. The second-order valence-corrected chi connectivity index (χ2v) is 5.31. The van der Waals surface area contributed by atoms with Crippen LogP contribution in [0.2, 0.25) is 5.02 Å². The van der Waals surface area contributed by atoms with E-state index in [4.69, 9.17) is 21.1 Å². The molecule has 2 aromatic carbocycles. The fourth-order valence-corrected chi connectivity index (χ4v) is 2.20. The molecule has 0 heterocycles. The van der Waals surface area contributed by atoms with E-state index in [9.17, 15) is 9.90 Å². The predicted octanol–water partition coefficient (Wildman–Crippen LogP) is 4.52. The molecule has 2 rings (SSSR count). The maximum absolute atomic E-state index is 12.2. The third-order valence-corrected chi connectivity index (χ3v) is 3.43. The Morgan fingerprint density at radius 2 is 2.04 bits per heavy atom. The van der Waals surface area contributed by atoms with E-state index >= 15 is 0 Å². The molecule has 1 N–H and O–H groups in total. The lowest BCUT2D eigenvalue weighted by Crippen LogP contribution is -1.97. The van der Waals surface area contributed by atoms with E-state index in [2.05, 4.69) is 6.58 Å². The molecule has 24 heavy (non-hydrogen) atoms. The lowest BCUT2D eigenvalue weighted by molar-refractivity contribution is 0.104. The van der Waals surface area contributed by atoms with Crippen LogP contribution >= 0.6 is 11.6 Å². The number of halogens is 1. The van der Waals surface area contributed by atoms with Gasteiger partial charge >= 0.3 is 0 Å². The van der Waals surface area contributed by atoms with Crippen molar-refractivity contribution in [1.82, 2.24) is 0 Å². The van der Waals surface area contributed by atoms with Crippen LogP contribution in [0.1, 0.15) is 15.9 Å². The van der Waals surface area contributed by atoms with Crippen LogP contribution in [-0.2, 0) is 0 Å². The fraction of sp³-hybridized carbons (Fsp3) is 0.105. The number of hydrogen-bond donors (Lipinski definition) is 1. The molecule has 0 saturated heterocycles. The smallest absolute Gasteiger partial charge is 0.189 e. The third-order valence-electron chi connectivity index (χ3n) is 3.20. The van der Waals surface area contributed by atoms with Crippen molar-refractivity contribution in [1.29, 1.82) is 0 Å². The second-order valence-electron chi connectivity index (χ2n) is 4.87. The maximum Gasteiger partial charge on any atom is 0.189 e. The van der Waals surface area contributed by atoms with Gasteiger partial charge in [0.1, 0.15) is 12.4 Å². The molecule has 124 valence electrons. The summed E-state index contributed by atoms with van der Waals surface area (Å²) in [5.41, 5.74) is 0.903. The Labute approximate surface area is 145 Å². The first-order valence-corrected chi connectivity index (χ1v) is 7.55. The van der Waals surface area contributed by atoms with Gasteiger partial charge in [-0.25, -0.2) is 0 Å². The van der Waals surface area contributed by atoms with Gasteiger partial charge in [-0.05, 0) is 42.0 Å². The van der Waals surface area contributed by atoms with Crippen LogP contribution in [0.15, 0.2) is 55.1 Å². The van der Waals surface area contributed by atoms with Crippen LogP contribution in [0.4, 0.5) is 0 Å². The molecule has 0 unspecified atom stereocenters. The molecule has 0 radical (unpaired) electrons. The Bertz CT molecular complexity index is 781. The van der Waals surface area contributed by atoms with Gasteiger partial charge in [-0.2, -0.15) is 0 Å². The summed E-state index contributed by atoms with van der Waals surface area (Å²) in [6.07, 6.45) is 4.63. The predicted molar refractivity (Wildman–Crippen MR) is 95.2 cm³/mol. The SMILES string of the molecule is C=CCOc1cc(/C=C/C(=O)c2cc(Cl)ccc2O)ccc1OC. The minimum Gasteiger partial charge on any atom is -0.507 e. The number of methoxy groups -OCH3 is 1. The van der Waals surface area contributed by atoms with E-state index in [-0.39, 0.29) is 17.1 Å². The average molecular weight is 345 g/mol. The topological polar surface area (TPSA) is 55.8 Å². The number of carbonyl (C=O) groups is 1. The number of aromatic hydroxyl groups is 1. The molecule has 0 spiro atoms. The quantitative estimate of drug-likeness (QED) is 0.456. The molecule has 5 heteroatoms. The summed E-state index contributed by atoms with van der Waals surface area (Å²) < 4.78 is 10.7. The van der Waals surface area contributed by atoms with Gasteiger partial charge in [-0.15, -0.1) is 0 Å².